The third-order valence-electron chi connectivity index (χ3n) is 4.63. The van der Waals surface area contributed by atoms with Crippen LogP contribution in [0.25, 0.3) is 11.0 Å². The molecule has 1 aliphatic rings. The number of carbonyl (C=O) groups is 1. The van der Waals surface area contributed by atoms with Gasteiger partial charge in [0.05, 0.1) is 6.61 Å². The molecule has 0 spiro atoms. The molecule has 12 nitrogen and oxygen atoms in total. The summed E-state index contributed by atoms with van der Waals surface area (Å²) in [5.74, 6) is -0.416. The number of amides is 1. The molecule has 1 aliphatic heterocycles. The Morgan fingerprint density at radius 2 is 1.94 bits per heavy atom. The number of carbonyl (C=O) groups excluding carboxylic acids is 1. The van der Waals surface area contributed by atoms with Crippen molar-refractivity contribution in [2.45, 2.75) is 44.5 Å². The van der Waals surface area contributed by atoms with Crippen LogP contribution in [0.1, 0.15) is 12.5 Å². The van der Waals surface area contributed by atoms with Crippen molar-refractivity contribution < 1.29 is 46.1 Å². The molecule has 1 saturated heterocycles. The van der Waals surface area contributed by atoms with Gasteiger partial charge in [0.1, 0.15) is 35.7 Å². The van der Waals surface area contributed by atoms with Crippen LogP contribution in [0.5, 0.6) is 5.75 Å². The minimum atomic E-state index is -4.83. The van der Waals surface area contributed by atoms with Gasteiger partial charge in [-0.3, -0.25) is 9.35 Å². The van der Waals surface area contributed by atoms with Crippen molar-refractivity contribution in [3.63, 3.8) is 0 Å². The van der Waals surface area contributed by atoms with Crippen molar-refractivity contribution in [3.05, 3.63) is 40.2 Å². The lowest BCUT2D eigenvalue weighted by Gasteiger charge is -2.42. The topological polar surface area (TPSA) is 182 Å². The molecule has 31 heavy (non-hydrogen) atoms. The zero-order valence-electron chi connectivity index (χ0n) is 16.4. The summed E-state index contributed by atoms with van der Waals surface area (Å²) in [7, 11) is -4.83. The molecular formula is C18H21NO11S. The van der Waals surface area contributed by atoms with E-state index in [1.54, 1.807) is 13.0 Å². The van der Waals surface area contributed by atoms with Gasteiger partial charge < -0.3 is 29.4 Å². The van der Waals surface area contributed by atoms with E-state index in [-0.39, 0.29) is 11.3 Å². The Balaban J connectivity index is 1.89. The number of aliphatic hydroxyl groups excluding tert-OH is 2. The smallest absolute Gasteiger partial charge is 0.397 e. The van der Waals surface area contributed by atoms with Crippen LogP contribution in [-0.4, -0.2) is 66.3 Å². The number of aryl methyl sites for hydroxylation is 1. The molecule has 0 radical (unpaired) electrons. The van der Waals surface area contributed by atoms with Crippen LogP contribution in [0.3, 0.4) is 0 Å². The third-order valence-corrected chi connectivity index (χ3v) is 5.06. The van der Waals surface area contributed by atoms with Gasteiger partial charge in [-0.05, 0) is 24.6 Å². The number of hydrogen-bond acceptors (Lipinski definition) is 10. The van der Waals surface area contributed by atoms with Crippen molar-refractivity contribution in [2.75, 3.05) is 6.61 Å². The quantitative estimate of drug-likeness (QED) is 0.315. The fourth-order valence-electron chi connectivity index (χ4n) is 3.22. The van der Waals surface area contributed by atoms with Crippen molar-refractivity contribution >= 4 is 27.3 Å². The van der Waals surface area contributed by atoms with E-state index in [2.05, 4.69) is 9.50 Å². The van der Waals surface area contributed by atoms with Crippen LogP contribution in [0, 0.1) is 6.92 Å². The molecule has 3 rings (SSSR count). The number of hydrogen-bond donors (Lipinski definition) is 4. The molecule has 13 heteroatoms. The molecule has 1 aromatic carbocycles. The Kier molecular flexibility index (Phi) is 6.64. The Morgan fingerprint density at radius 1 is 1.23 bits per heavy atom. The van der Waals surface area contributed by atoms with Crippen molar-refractivity contribution in [2.24, 2.45) is 0 Å². The van der Waals surface area contributed by atoms with Gasteiger partial charge in [-0.25, -0.2) is 8.98 Å². The summed E-state index contributed by atoms with van der Waals surface area (Å²) < 4.78 is 51.0. The zero-order valence-corrected chi connectivity index (χ0v) is 17.2. The van der Waals surface area contributed by atoms with Crippen LogP contribution in [0.15, 0.2) is 33.5 Å². The van der Waals surface area contributed by atoms with E-state index in [1.807, 2.05) is 0 Å². The number of ether oxygens (including phenoxy) is 2. The molecule has 4 N–H and O–H groups in total. The van der Waals surface area contributed by atoms with Gasteiger partial charge in [0.25, 0.3) is 0 Å². The molecule has 5 unspecified atom stereocenters. The lowest BCUT2D eigenvalue weighted by molar-refractivity contribution is -0.242. The van der Waals surface area contributed by atoms with Crippen molar-refractivity contribution in [3.8, 4) is 5.75 Å². The fraction of sp³-hybridized carbons (Fsp3) is 0.444. The second-order valence-electron chi connectivity index (χ2n) is 6.99. The number of rotatable bonds is 6. The molecule has 1 fully saturated rings. The van der Waals surface area contributed by atoms with Crippen LogP contribution < -0.4 is 15.7 Å². The largest absolute Gasteiger partial charge is 0.462 e. The van der Waals surface area contributed by atoms with Gasteiger partial charge >= 0.3 is 16.0 Å². The second-order valence-corrected chi connectivity index (χ2v) is 8.08. The Hall–Kier alpha value is -2.55. The highest BCUT2D eigenvalue weighted by Gasteiger charge is 2.46. The first-order valence-electron chi connectivity index (χ1n) is 9.06. The Labute approximate surface area is 176 Å². The minimum Gasteiger partial charge on any atom is -0.462 e. The van der Waals surface area contributed by atoms with E-state index in [9.17, 15) is 28.2 Å². The molecule has 1 amide bonds. The standard InChI is InChI=1S/C18H21NO11S/c1-8-5-14(21)29-12-6-10(3-4-11(8)12)28-18-15(19-9(2)20)17(23)16(22)13(30-18)7-27-31(24,25)26/h3-6,13,15-18,22-23H,7H2,1-2H3,(H,19,20)(H,24,25,26). The highest BCUT2D eigenvalue weighted by atomic mass is 32.3. The number of aliphatic hydroxyl groups is 2. The first-order chi connectivity index (χ1) is 14.4. The van der Waals surface area contributed by atoms with Crippen LogP contribution in [0.4, 0.5) is 0 Å². The summed E-state index contributed by atoms with van der Waals surface area (Å²) in [6.45, 7) is 2.08. The summed E-state index contributed by atoms with van der Waals surface area (Å²) in [6, 6.07) is 4.65. The molecule has 2 heterocycles. The SMILES string of the molecule is CC(=O)NC1C(Oc2ccc3c(C)cc(=O)oc3c2)OC(COS(=O)(=O)O)C(O)C1O. The molecular weight excluding hydrogens is 438 g/mol. The van der Waals surface area contributed by atoms with Gasteiger partial charge in [-0.2, -0.15) is 8.42 Å². The molecule has 170 valence electrons. The maximum atomic E-state index is 11.6. The lowest BCUT2D eigenvalue weighted by atomic mass is 9.97. The van der Waals surface area contributed by atoms with Crippen LogP contribution >= 0.6 is 0 Å². The lowest BCUT2D eigenvalue weighted by Crippen LogP contribution is -2.65. The van der Waals surface area contributed by atoms with Gasteiger partial charge in [0.2, 0.25) is 12.2 Å². The fourth-order valence-corrected chi connectivity index (χ4v) is 3.53. The van der Waals surface area contributed by atoms with Crippen LogP contribution in [-0.2, 0) is 24.1 Å². The number of benzene rings is 1. The molecule has 2 aromatic rings. The second kappa shape index (κ2) is 8.90. The summed E-state index contributed by atoms with van der Waals surface area (Å²) >= 11 is 0. The Bertz CT molecular complexity index is 1130. The van der Waals surface area contributed by atoms with Crippen molar-refractivity contribution in [1.82, 2.24) is 5.32 Å². The highest BCUT2D eigenvalue weighted by Crippen LogP contribution is 2.27. The summed E-state index contributed by atoms with van der Waals surface area (Å²) in [5, 5.41) is 23.7. The van der Waals surface area contributed by atoms with E-state index < -0.39 is 59.2 Å². The molecule has 0 aliphatic carbocycles. The van der Waals surface area contributed by atoms with Gasteiger partial charge in [-0.15, -0.1) is 0 Å². The van der Waals surface area contributed by atoms with Gasteiger partial charge in [0.15, 0.2) is 0 Å². The van der Waals surface area contributed by atoms with Crippen LogP contribution in [0.2, 0.25) is 0 Å². The maximum Gasteiger partial charge on any atom is 0.397 e. The molecule has 5 atom stereocenters. The monoisotopic (exact) mass is 459 g/mol. The number of nitrogens with one attached hydrogen (secondary N) is 1. The minimum absolute atomic E-state index is 0.139. The molecule has 1 aromatic heterocycles. The molecule has 0 bridgehead atoms. The normalized spacial score (nSPS) is 26.5. The number of fused-ring (bicyclic) bond motifs is 1. The van der Waals surface area contributed by atoms with E-state index in [4.69, 9.17) is 18.4 Å². The zero-order chi connectivity index (χ0) is 22.9. The maximum absolute atomic E-state index is 11.6. The predicted octanol–water partition coefficient (Wildman–Crippen LogP) is -0.749. The van der Waals surface area contributed by atoms with E-state index in [0.29, 0.717) is 10.9 Å². The van der Waals surface area contributed by atoms with Gasteiger partial charge in [-0.1, -0.05) is 0 Å². The first-order valence-corrected chi connectivity index (χ1v) is 10.4. The first kappa shape index (κ1) is 23.1. The van der Waals surface area contributed by atoms with E-state index in [0.717, 1.165) is 0 Å². The average Bonchev–Trinajstić information content (AvgIpc) is 2.65. The molecule has 0 saturated carbocycles. The average molecular weight is 459 g/mol. The van der Waals surface area contributed by atoms with Gasteiger partial charge in [0, 0.05) is 24.4 Å². The summed E-state index contributed by atoms with van der Waals surface area (Å²) in [4.78, 5) is 23.2. The summed E-state index contributed by atoms with van der Waals surface area (Å²) in [5.41, 5.74) is 0.346. The third kappa shape index (κ3) is 5.58. The summed E-state index contributed by atoms with van der Waals surface area (Å²) in [6.07, 6.45) is -6.12. The highest BCUT2D eigenvalue weighted by molar-refractivity contribution is 7.80. The Morgan fingerprint density at radius 3 is 2.58 bits per heavy atom. The van der Waals surface area contributed by atoms with Crippen molar-refractivity contribution in [1.29, 1.82) is 0 Å². The van der Waals surface area contributed by atoms with E-state index >= 15 is 0 Å². The van der Waals surface area contributed by atoms with E-state index in [1.165, 1.54) is 25.1 Å². The predicted molar refractivity (Wildman–Crippen MR) is 104 cm³/mol.